The molecule has 0 aliphatic carbocycles. The van der Waals surface area contributed by atoms with Crippen LogP contribution in [0.2, 0.25) is 10.0 Å². The van der Waals surface area contributed by atoms with E-state index in [1.54, 1.807) is 22.8 Å². The molecule has 2 unspecified atom stereocenters. The first-order chi connectivity index (χ1) is 20.8. The number of hydrogen-bond acceptors (Lipinski definition) is 7. The van der Waals surface area contributed by atoms with Crippen LogP contribution < -0.4 is 19.7 Å². The predicted octanol–water partition coefficient (Wildman–Crippen LogP) is 6.94. The highest BCUT2D eigenvalue weighted by Gasteiger charge is 2.48. The van der Waals surface area contributed by atoms with Gasteiger partial charge in [0.05, 0.1) is 22.7 Å². The Balaban J connectivity index is 1.31. The number of nitrogens with zero attached hydrogens (tertiary/aromatic N) is 4. The fourth-order valence-corrected chi connectivity index (χ4v) is 7.10. The van der Waals surface area contributed by atoms with Crippen LogP contribution in [0.25, 0.3) is 22.2 Å². The van der Waals surface area contributed by atoms with Crippen LogP contribution in [0.3, 0.4) is 0 Å². The standard InChI is InChI=1S/C31H31Cl2F2N5O3/c1-17(28-20(32)11-36-12-21(28)33)43-26-9-19-24(10-25(26)41-2)40(27-5-3-4-6-42-27)38-29(19)18-7-22(34)30(23(35)8-18)39-15-31(16-39)13-37-14-31/h7-12,17,27,37H,3-6,13-16H2,1-2H3. The molecule has 3 fully saturated rings. The molecule has 3 saturated heterocycles. The lowest BCUT2D eigenvalue weighted by Gasteiger charge is -2.57. The molecule has 0 saturated carbocycles. The highest BCUT2D eigenvalue weighted by Crippen LogP contribution is 2.44. The van der Waals surface area contributed by atoms with Gasteiger partial charge in [0.15, 0.2) is 17.7 Å². The molecule has 4 aromatic rings. The van der Waals surface area contributed by atoms with Gasteiger partial charge in [-0.15, -0.1) is 0 Å². The zero-order valence-electron chi connectivity index (χ0n) is 23.8. The number of ether oxygens (including phenoxy) is 3. The third kappa shape index (κ3) is 4.98. The van der Waals surface area contributed by atoms with Gasteiger partial charge in [0.25, 0.3) is 0 Å². The Morgan fingerprint density at radius 2 is 1.77 bits per heavy atom. The molecule has 1 N–H and O–H groups in total. The Kier molecular flexibility index (Phi) is 7.36. The van der Waals surface area contributed by atoms with Gasteiger partial charge in [0.2, 0.25) is 0 Å². The fourth-order valence-electron chi connectivity index (χ4n) is 6.43. The third-order valence-corrected chi connectivity index (χ3v) is 9.28. The van der Waals surface area contributed by atoms with Crippen molar-refractivity contribution < 1.29 is 23.0 Å². The van der Waals surface area contributed by atoms with E-state index in [4.69, 9.17) is 42.5 Å². The largest absolute Gasteiger partial charge is 0.493 e. The van der Waals surface area contributed by atoms with Gasteiger partial charge in [0, 0.05) is 73.2 Å². The molecule has 3 aliphatic rings. The summed E-state index contributed by atoms with van der Waals surface area (Å²) in [6.45, 7) is 5.45. The fraction of sp³-hybridized carbons (Fsp3) is 0.419. The topological polar surface area (TPSA) is 73.7 Å². The highest BCUT2D eigenvalue weighted by molar-refractivity contribution is 6.35. The van der Waals surface area contributed by atoms with E-state index in [1.165, 1.54) is 24.5 Å². The molecular formula is C31H31Cl2F2N5O3. The normalized spacial score (nSPS) is 20.1. The van der Waals surface area contributed by atoms with Crippen molar-refractivity contribution in [3.05, 3.63) is 63.9 Å². The molecular weight excluding hydrogens is 599 g/mol. The molecule has 8 nitrogen and oxygen atoms in total. The number of anilines is 1. The summed E-state index contributed by atoms with van der Waals surface area (Å²) in [6, 6.07) is 6.32. The lowest BCUT2D eigenvalue weighted by Crippen LogP contribution is -2.71. The van der Waals surface area contributed by atoms with Crippen LogP contribution in [0.15, 0.2) is 36.7 Å². The van der Waals surface area contributed by atoms with Crippen LogP contribution in [0, 0.1) is 17.0 Å². The van der Waals surface area contributed by atoms with E-state index >= 15 is 8.78 Å². The van der Waals surface area contributed by atoms with E-state index in [0.29, 0.717) is 69.0 Å². The van der Waals surface area contributed by atoms with Gasteiger partial charge in [0.1, 0.15) is 29.1 Å². The molecule has 12 heteroatoms. The maximum Gasteiger partial charge on any atom is 0.162 e. The molecule has 43 heavy (non-hydrogen) atoms. The van der Waals surface area contributed by atoms with Crippen molar-refractivity contribution in [2.24, 2.45) is 5.41 Å². The second kappa shape index (κ2) is 11.1. The van der Waals surface area contributed by atoms with Gasteiger partial charge in [-0.05, 0) is 44.4 Å². The van der Waals surface area contributed by atoms with Gasteiger partial charge in [-0.1, -0.05) is 23.2 Å². The van der Waals surface area contributed by atoms with Crippen molar-refractivity contribution in [2.45, 2.75) is 38.5 Å². The number of benzene rings is 2. The zero-order chi connectivity index (χ0) is 29.9. The van der Waals surface area contributed by atoms with Crippen LogP contribution in [-0.2, 0) is 4.74 Å². The summed E-state index contributed by atoms with van der Waals surface area (Å²) in [7, 11) is 1.55. The van der Waals surface area contributed by atoms with Crippen molar-refractivity contribution in [1.82, 2.24) is 20.1 Å². The molecule has 3 aliphatic heterocycles. The first kappa shape index (κ1) is 28.6. The summed E-state index contributed by atoms with van der Waals surface area (Å²) in [5, 5.41) is 9.51. The Morgan fingerprint density at radius 1 is 1.05 bits per heavy atom. The molecule has 0 amide bonds. The number of pyridine rings is 1. The Hall–Kier alpha value is -3.18. The third-order valence-electron chi connectivity index (χ3n) is 8.68. The molecule has 2 atom stereocenters. The van der Waals surface area contributed by atoms with Crippen LogP contribution in [0.5, 0.6) is 11.5 Å². The second-order valence-electron chi connectivity index (χ2n) is 11.7. The maximum absolute atomic E-state index is 15.6. The van der Waals surface area contributed by atoms with Gasteiger partial charge in [-0.2, -0.15) is 5.10 Å². The van der Waals surface area contributed by atoms with Crippen LogP contribution in [0.1, 0.15) is 44.1 Å². The first-order valence-corrected chi connectivity index (χ1v) is 15.1. The Morgan fingerprint density at radius 3 is 2.37 bits per heavy atom. The minimum atomic E-state index is -0.616. The van der Waals surface area contributed by atoms with Crippen LogP contribution in [0.4, 0.5) is 14.5 Å². The van der Waals surface area contributed by atoms with Crippen molar-refractivity contribution in [3.63, 3.8) is 0 Å². The van der Waals surface area contributed by atoms with Crippen molar-refractivity contribution in [3.8, 4) is 22.8 Å². The number of halogens is 4. The van der Waals surface area contributed by atoms with E-state index in [2.05, 4.69) is 10.3 Å². The van der Waals surface area contributed by atoms with Crippen LogP contribution in [-0.4, -0.2) is 54.7 Å². The van der Waals surface area contributed by atoms with Crippen molar-refractivity contribution in [2.75, 3.05) is 44.8 Å². The number of hydrogen-bond donors (Lipinski definition) is 1. The van der Waals surface area contributed by atoms with Crippen molar-refractivity contribution in [1.29, 1.82) is 0 Å². The molecule has 0 bridgehead atoms. The summed E-state index contributed by atoms with van der Waals surface area (Å²) in [5.74, 6) is -0.382. The summed E-state index contributed by atoms with van der Waals surface area (Å²) in [6.07, 6.45) is 4.84. The number of methoxy groups -OCH3 is 1. The number of fused-ring (bicyclic) bond motifs is 1. The van der Waals surface area contributed by atoms with Gasteiger partial charge in [-0.3, -0.25) is 4.98 Å². The Labute approximate surface area is 257 Å². The van der Waals surface area contributed by atoms with E-state index in [-0.39, 0.29) is 17.3 Å². The minimum absolute atomic E-state index is 0.00579. The van der Waals surface area contributed by atoms with Gasteiger partial charge >= 0.3 is 0 Å². The number of rotatable bonds is 7. The van der Waals surface area contributed by atoms with Gasteiger partial charge in [-0.25, -0.2) is 13.5 Å². The molecule has 0 radical (unpaired) electrons. The van der Waals surface area contributed by atoms with E-state index < -0.39 is 17.7 Å². The molecule has 2 aromatic carbocycles. The monoisotopic (exact) mass is 629 g/mol. The molecule has 2 aromatic heterocycles. The predicted molar refractivity (Wildman–Crippen MR) is 161 cm³/mol. The minimum Gasteiger partial charge on any atom is -0.493 e. The molecule has 1 spiro atoms. The highest BCUT2D eigenvalue weighted by atomic mass is 35.5. The average molecular weight is 631 g/mol. The molecule has 5 heterocycles. The quantitative estimate of drug-likeness (QED) is 0.237. The van der Waals surface area contributed by atoms with E-state index in [1.807, 2.05) is 13.0 Å². The lowest BCUT2D eigenvalue weighted by atomic mass is 9.74. The lowest BCUT2D eigenvalue weighted by molar-refractivity contribution is -0.0365. The Bertz CT molecular complexity index is 1660. The average Bonchev–Trinajstić information content (AvgIpc) is 3.31. The van der Waals surface area contributed by atoms with Crippen LogP contribution >= 0.6 is 23.2 Å². The van der Waals surface area contributed by atoms with Crippen molar-refractivity contribution >= 4 is 39.8 Å². The van der Waals surface area contributed by atoms with E-state index in [0.717, 1.165) is 32.4 Å². The molecule has 226 valence electrons. The maximum atomic E-state index is 15.6. The first-order valence-electron chi connectivity index (χ1n) is 14.4. The SMILES string of the molecule is COc1cc2c(cc1OC(C)c1c(Cl)cncc1Cl)c(-c1cc(F)c(N3CC4(CNC4)C3)c(F)c1)nn2C1CCCCO1. The smallest absolute Gasteiger partial charge is 0.162 e. The summed E-state index contributed by atoms with van der Waals surface area (Å²) in [5.41, 5.74) is 2.15. The van der Waals surface area contributed by atoms with E-state index in [9.17, 15) is 0 Å². The number of aromatic nitrogens is 3. The van der Waals surface area contributed by atoms with Gasteiger partial charge < -0.3 is 24.4 Å². The summed E-state index contributed by atoms with van der Waals surface area (Å²) >= 11 is 12.8. The number of nitrogens with one attached hydrogen (secondary N) is 1. The zero-order valence-corrected chi connectivity index (χ0v) is 25.3. The molecule has 7 rings (SSSR count). The summed E-state index contributed by atoms with van der Waals surface area (Å²) < 4.78 is 51.1. The second-order valence-corrected chi connectivity index (χ2v) is 12.5. The summed E-state index contributed by atoms with van der Waals surface area (Å²) in [4.78, 5) is 5.79.